The van der Waals surface area contributed by atoms with Crippen LogP contribution in [0.15, 0.2) is 94.7 Å². The van der Waals surface area contributed by atoms with E-state index in [1.165, 1.54) is 12.3 Å². The Labute approximate surface area is 308 Å². The molecule has 4 aromatic rings. The topological polar surface area (TPSA) is 146 Å². The van der Waals surface area contributed by atoms with Crippen LogP contribution in [0.5, 0.6) is 0 Å². The van der Waals surface area contributed by atoms with Crippen molar-refractivity contribution >= 4 is 28.9 Å². The number of rotatable bonds is 9. The molecule has 12 heteroatoms. The molecule has 2 atom stereocenters. The van der Waals surface area contributed by atoms with Crippen LogP contribution in [-0.4, -0.2) is 65.7 Å². The van der Waals surface area contributed by atoms with Gasteiger partial charge in [0.05, 0.1) is 11.4 Å². The number of carbonyl (C=O) groups excluding carboxylic acids is 2. The fraction of sp³-hybridized carbons (Fsp3) is 0.341. The number of furan rings is 1. The molecule has 0 radical (unpaired) electrons. The Morgan fingerprint density at radius 2 is 1.85 bits per heavy atom. The number of aromatic nitrogens is 1. The number of nitrogens with one attached hydrogen (secondary N) is 2. The van der Waals surface area contributed by atoms with Crippen molar-refractivity contribution in [2.45, 2.75) is 52.3 Å². The SMILES string of the molecule is CC(=C/N)/C=C(/C(=O)Nc1ccc(C(=O)N2CCc3cc(C(O)Nc4c(C)cccc4F)oc3-c3ncccc32)cc1)C(C)N1CC2(CCOCC2)C1. The summed E-state index contributed by atoms with van der Waals surface area (Å²) in [5.41, 5.74) is 11.1. The summed E-state index contributed by atoms with van der Waals surface area (Å²) in [6.07, 6.45) is 6.15. The number of amides is 2. The van der Waals surface area contributed by atoms with Gasteiger partial charge in [0.1, 0.15) is 11.5 Å². The first kappa shape index (κ1) is 36.1. The van der Waals surface area contributed by atoms with Crippen molar-refractivity contribution in [2.24, 2.45) is 11.1 Å². The van der Waals surface area contributed by atoms with Gasteiger partial charge in [0.15, 0.2) is 17.7 Å². The second-order valence-electron chi connectivity index (χ2n) is 14.3. The zero-order chi connectivity index (χ0) is 37.3. The lowest BCUT2D eigenvalue weighted by molar-refractivity contribution is -0.116. The van der Waals surface area contributed by atoms with Crippen LogP contribution in [0.2, 0.25) is 0 Å². The molecule has 2 aromatic heterocycles. The Kier molecular flexibility index (Phi) is 10.2. The van der Waals surface area contributed by atoms with Gasteiger partial charge in [-0.05, 0) is 112 Å². The zero-order valence-electron chi connectivity index (χ0n) is 30.2. The number of aliphatic hydroxyl groups excluding tert-OH is 1. The average molecular weight is 721 g/mol. The van der Waals surface area contributed by atoms with E-state index in [4.69, 9.17) is 14.9 Å². The molecule has 1 spiro atoms. The van der Waals surface area contributed by atoms with Crippen molar-refractivity contribution in [1.82, 2.24) is 9.88 Å². The second-order valence-corrected chi connectivity index (χ2v) is 14.3. The molecule has 2 fully saturated rings. The van der Waals surface area contributed by atoms with Crippen molar-refractivity contribution in [3.8, 4) is 11.5 Å². The van der Waals surface area contributed by atoms with Crippen LogP contribution in [0.3, 0.4) is 0 Å². The fourth-order valence-electron chi connectivity index (χ4n) is 7.48. The summed E-state index contributed by atoms with van der Waals surface area (Å²) in [6.45, 7) is 9.42. The number of fused-ring (bicyclic) bond motifs is 3. The molecule has 2 unspecified atom stereocenters. The van der Waals surface area contributed by atoms with E-state index in [1.54, 1.807) is 72.6 Å². The first-order chi connectivity index (χ1) is 25.6. The molecule has 0 saturated carbocycles. The van der Waals surface area contributed by atoms with Crippen LogP contribution >= 0.6 is 0 Å². The predicted molar refractivity (Wildman–Crippen MR) is 202 cm³/mol. The maximum Gasteiger partial charge on any atom is 0.258 e. The summed E-state index contributed by atoms with van der Waals surface area (Å²) in [4.78, 5) is 36.3. The number of likely N-dealkylation sites (tertiary alicyclic amines) is 1. The van der Waals surface area contributed by atoms with Crippen LogP contribution in [-0.2, 0) is 16.0 Å². The summed E-state index contributed by atoms with van der Waals surface area (Å²) in [7, 11) is 0. The Morgan fingerprint density at radius 3 is 2.57 bits per heavy atom. The third-order valence-electron chi connectivity index (χ3n) is 10.7. The molecule has 0 bridgehead atoms. The Balaban J connectivity index is 1.05. The number of carbonyl (C=O) groups is 2. The summed E-state index contributed by atoms with van der Waals surface area (Å²) >= 11 is 0. The van der Waals surface area contributed by atoms with E-state index in [0.717, 1.165) is 50.3 Å². The van der Waals surface area contributed by atoms with Gasteiger partial charge in [-0.25, -0.2) is 4.39 Å². The van der Waals surface area contributed by atoms with Crippen LogP contribution in [0, 0.1) is 18.2 Å². The predicted octanol–water partition coefficient (Wildman–Crippen LogP) is 6.32. The van der Waals surface area contributed by atoms with Gasteiger partial charge < -0.3 is 35.5 Å². The van der Waals surface area contributed by atoms with Crippen molar-refractivity contribution in [1.29, 1.82) is 0 Å². The van der Waals surface area contributed by atoms with Gasteiger partial charge in [0.2, 0.25) is 0 Å². The minimum absolute atomic E-state index is 0.114. The number of ether oxygens (including phenoxy) is 1. The third kappa shape index (κ3) is 7.35. The molecular weight excluding hydrogens is 675 g/mol. The number of para-hydroxylation sites is 1. The first-order valence-corrected chi connectivity index (χ1v) is 18.0. The normalized spacial score (nSPS) is 18.3. The Bertz CT molecular complexity index is 2040. The fourth-order valence-corrected chi connectivity index (χ4v) is 7.48. The number of aryl methyl sites for hydroxylation is 1. The average Bonchev–Trinajstić information content (AvgIpc) is 3.52. The molecule has 2 amide bonds. The van der Waals surface area contributed by atoms with E-state index in [2.05, 4.69) is 27.4 Å². The summed E-state index contributed by atoms with van der Waals surface area (Å²) in [5.74, 6) is -0.297. The van der Waals surface area contributed by atoms with Gasteiger partial charge >= 0.3 is 0 Å². The summed E-state index contributed by atoms with van der Waals surface area (Å²) in [5, 5.41) is 16.8. The van der Waals surface area contributed by atoms with Crippen molar-refractivity contribution in [3.63, 3.8) is 0 Å². The number of nitrogens with zero attached hydrogens (tertiary/aromatic N) is 3. The number of benzene rings is 2. The molecule has 5 N–H and O–H groups in total. The highest BCUT2D eigenvalue weighted by molar-refractivity contribution is 6.09. The zero-order valence-corrected chi connectivity index (χ0v) is 30.2. The smallest absolute Gasteiger partial charge is 0.258 e. The molecule has 3 aliphatic rings. The highest BCUT2D eigenvalue weighted by atomic mass is 19.1. The molecule has 0 aliphatic carbocycles. The molecule has 2 aromatic carbocycles. The largest absolute Gasteiger partial charge is 0.454 e. The van der Waals surface area contributed by atoms with E-state index < -0.39 is 12.0 Å². The van der Waals surface area contributed by atoms with Crippen molar-refractivity contribution in [2.75, 3.05) is 48.4 Å². The van der Waals surface area contributed by atoms with Crippen molar-refractivity contribution < 1.29 is 28.2 Å². The number of anilines is 3. The maximum atomic E-state index is 14.5. The molecule has 53 heavy (non-hydrogen) atoms. The lowest BCUT2D eigenvalue weighted by atomic mass is 9.72. The van der Waals surface area contributed by atoms with Gasteiger partial charge in [0, 0.05) is 72.9 Å². The number of hydrogen-bond acceptors (Lipinski definition) is 9. The van der Waals surface area contributed by atoms with Crippen molar-refractivity contribution in [3.05, 3.63) is 119 Å². The molecule has 276 valence electrons. The molecular formula is C41H45FN6O5. The van der Waals surface area contributed by atoms with Gasteiger partial charge in [-0.2, -0.15) is 0 Å². The Hall–Kier alpha value is -5.30. The minimum atomic E-state index is -1.31. The van der Waals surface area contributed by atoms with Gasteiger partial charge in [-0.3, -0.25) is 19.5 Å². The summed E-state index contributed by atoms with van der Waals surface area (Å²) in [6, 6.07) is 16.7. The number of pyridine rings is 1. The lowest BCUT2D eigenvalue weighted by Crippen LogP contribution is -2.61. The molecule has 2 saturated heterocycles. The van der Waals surface area contributed by atoms with Crippen LogP contribution in [0.1, 0.15) is 60.2 Å². The van der Waals surface area contributed by atoms with E-state index in [9.17, 15) is 19.1 Å². The van der Waals surface area contributed by atoms with Crippen LogP contribution < -0.4 is 21.3 Å². The van der Waals surface area contributed by atoms with E-state index >= 15 is 0 Å². The molecule has 5 heterocycles. The van der Waals surface area contributed by atoms with Gasteiger partial charge in [-0.15, -0.1) is 0 Å². The molecule has 11 nitrogen and oxygen atoms in total. The maximum absolute atomic E-state index is 14.5. The first-order valence-electron chi connectivity index (χ1n) is 18.0. The standard InChI is InChI=1S/C41H45FN6O5/c1-25(22-43)20-31(27(3)47-23-41(24-47)14-18-52-19-15-41)38(49)45-30-11-9-28(10-12-30)40(51)48-17-13-29-21-34(53-37(29)36-33(48)8-5-16-44-36)39(50)46-35-26(2)6-4-7-32(35)42/h4-12,16,20-22,27,39,46,50H,13-15,17-19,23-24,43H2,1-3H3,(H,45,49)/b25-22-,31-20+. The highest BCUT2D eigenvalue weighted by Crippen LogP contribution is 2.42. The highest BCUT2D eigenvalue weighted by Gasteiger charge is 2.46. The quantitative estimate of drug-likeness (QED) is 0.0886. The van der Waals surface area contributed by atoms with E-state index in [0.29, 0.717) is 52.5 Å². The number of halogens is 1. The number of allylic oxidation sites excluding steroid dienone is 2. The lowest BCUT2D eigenvalue weighted by Gasteiger charge is -2.54. The van der Waals surface area contributed by atoms with E-state index in [-0.39, 0.29) is 34.7 Å². The van der Waals surface area contributed by atoms with Gasteiger partial charge in [0.25, 0.3) is 11.8 Å². The molecule has 3 aliphatic heterocycles. The molecule has 7 rings (SSSR count). The van der Waals surface area contributed by atoms with Crippen LogP contribution in [0.25, 0.3) is 11.5 Å². The monoisotopic (exact) mass is 720 g/mol. The Morgan fingerprint density at radius 1 is 1.09 bits per heavy atom. The van der Waals surface area contributed by atoms with Gasteiger partial charge in [-0.1, -0.05) is 12.1 Å². The number of nitrogens with two attached hydrogens (primary N) is 1. The second kappa shape index (κ2) is 15.0. The minimum Gasteiger partial charge on any atom is -0.454 e. The number of aliphatic hydroxyl groups is 1. The third-order valence-corrected chi connectivity index (χ3v) is 10.7. The van der Waals surface area contributed by atoms with E-state index in [1.807, 2.05) is 13.0 Å². The van der Waals surface area contributed by atoms with Crippen LogP contribution in [0.4, 0.5) is 21.5 Å². The summed E-state index contributed by atoms with van der Waals surface area (Å²) < 4.78 is 26.2. The number of hydrogen-bond donors (Lipinski definition) is 4.